The Hall–Kier alpha value is -3.55. The van der Waals surface area contributed by atoms with E-state index in [0.29, 0.717) is 34.3 Å². The number of Topliss-reactive ketones (excluding diaryl/α,β-unsaturated/α-hetero) is 1. The third-order valence-corrected chi connectivity index (χ3v) is 4.67. The van der Waals surface area contributed by atoms with Gasteiger partial charge in [0.1, 0.15) is 5.76 Å². The Bertz CT molecular complexity index is 1110. The van der Waals surface area contributed by atoms with Crippen LogP contribution in [0.5, 0.6) is 11.5 Å². The smallest absolute Gasteiger partial charge is 0.338 e. The van der Waals surface area contributed by atoms with E-state index in [4.69, 9.17) is 18.7 Å². The molecule has 0 N–H and O–H groups in total. The maximum Gasteiger partial charge on any atom is 0.338 e. The number of hydrogen-bond acceptors (Lipinski definition) is 7. The van der Waals surface area contributed by atoms with Crippen LogP contribution in [0.1, 0.15) is 51.7 Å². The van der Waals surface area contributed by atoms with E-state index < -0.39 is 5.97 Å². The van der Waals surface area contributed by atoms with Gasteiger partial charge in [0.25, 0.3) is 0 Å². The van der Waals surface area contributed by atoms with Crippen molar-refractivity contribution in [3.8, 4) is 17.3 Å². The van der Waals surface area contributed by atoms with Crippen molar-refractivity contribution in [3.05, 3.63) is 58.6 Å². The number of ketones is 1. The van der Waals surface area contributed by atoms with Crippen LogP contribution in [-0.2, 0) is 4.74 Å². The summed E-state index contributed by atoms with van der Waals surface area (Å²) in [6.45, 7) is 8.89. The summed E-state index contributed by atoms with van der Waals surface area (Å²) in [5.74, 6) is 1.29. The minimum absolute atomic E-state index is 0.0375. The molecule has 0 saturated heterocycles. The summed E-state index contributed by atoms with van der Waals surface area (Å²) in [6.07, 6.45) is -0.0375. The minimum Gasteiger partial charge on any atom is -0.493 e. The van der Waals surface area contributed by atoms with Crippen LogP contribution in [0.15, 0.2) is 34.9 Å². The first kappa shape index (κ1) is 22.1. The number of carbonyl (C=O) groups excluding carboxylic acids is 2. The van der Waals surface area contributed by atoms with Crippen LogP contribution in [0.3, 0.4) is 0 Å². The zero-order chi connectivity index (χ0) is 22.7. The van der Waals surface area contributed by atoms with E-state index in [1.54, 1.807) is 31.2 Å². The Kier molecular flexibility index (Phi) is 6.48. The molecule has 2 heterocycles. The van der Waals surface area contributed by atoms with Gasteiger partial charge in [-0.05, 0) is 58.9 Å². The van der Waals surface area contributed by atoms with E-state index in [1.165, 1.54) is 13.2 Å². The average molecular weight is 426 g/mol. The molecule has 0 saturated carbocycles. The molecular formula is C23H26N2O6. The van der Waals surface area contributed by atoms with E-state index >= 15 is 0 Å². The molecule has 2 aromatic heterocycles. The molecule has 3 rings (SSSR count). The number of aromatic nitrogens is 2. The van der Waals surface area contributed by atoms with Crippen molar-refractivity contribution < 1.29 is 28.3 Å². The molecule has 0 atom stereocenters. The molecule has 0 fully saturated rings. The molecule has 0 spiro atoms. The van der Waals surface area contributed by atoms with Gasteiger partial charge in [0, 0.05) is 23.0 Å². The highest BCUT2D eigenvalue weighted by Gasteiger charge is 2.20. The van der Waals surface area contributed by atoms with Crippen molar-refractivity contribution in [2.24, 2.45) is 0 Å². The largest absolute Gasteiger partial charge is 0.493 e. The average Bonchev–Trinajstić information content (AvgIpc) is 3.27. The summed E-state index contributed by atoms with van der Waals surface area (Å²) in [6, 6.07) is 8.28. The molecule has 164 valence electrons. The van der Waals surface area contributed by atoms with Gasteiger partial charge in [0.2, 0.25) is 5.78 Å². The molecular weight excluding hydrogens is 400 g/mol. The van der Waals surface area contributed by atoms with Gasteiger partial charge in [-0.15, -0.1) is 0 Å². The van der Waals surface area contributed by atoms with Crippen molar-refractivity contribution in [1.82, 2.24) is 9.72 Å². The number of aryl methyl sites for hydroxylation is 2. The van der Waals surface area contributed by atoms with Gasteiger partial charge in [0.05, 0.1) is 18.8 Å². The van der Waals surface area contributed by atoms with Crippen LogP contribution in [0.25, 0.3) is 5.82 Å². The molecule has 8 nitrogen and oxygen atoms in total. The summed E-state index contributed by atoms with van der Waals surface area (Å²) >= 11 is 0. The maximum atomic E-state index is 12.7. The Morgan fingerprint density at radius 1 is 1.10 bits per heavy atom. The molecule has 0 aliphatic carbocycles. The molecule has 1 aromatic carbocycles. The van der Waals surface area contributed by atoms with Crippen LogP contribution in [0.4, 0.5) is 0 Å². The van der Waals surface area contributed by atoms with Gasteiger partial charge in [-0.25, -0.2) is 4.79 Å². The Labute approximate surface area is 180 Å². The Morgan fingerprint density at radius 3 is 2.45 bits per heavy atom. The lowest BCUT2D eigenvalue weighted by molar-refractivity contribution is 0.0474. The third-order valence-electron chi connectivity index (χ3n) is 4.67. The number of ether oxygens (including phenoxy) is 3. The van der Waals surface area contributed by atoms with Crippen molar-refractivity contribution in [3.63, 3.8) is 0 Å². The van der Waals surface area contributed by atoms with Crippen molar-refractivity contribution >= 4 is 11.8 Å². The number of esters is 1. The Balaban J connectivity index is 1.72. The first-order valence-corrected chi connectivity index (χ1v) is 9.89. The lowest BCUT2D eigenvalue weighted by Gasteiger charge is -2.14. The van der Waals surface area contributed by atoms with Crippen LogP contribution in [-0.4, -0.2) is 41.3 Å². The summed E-state index contributed by atoms with van der Waals surface area (Å²) in [4.78, 5) is 25.2. The quantitative estimate of drug-likeness (QED) is 0.393. The summed E-state index contributed by atoms with van der Waals surface area (Å²) in [7, 11) is 1.49. The standard InChI is InChI=1S/C23H26N2O6/c1-13(2)30-20-8-7-17(11-21(20)28-6)23(27)29-12-19(26)18-9-14(3)25(16(18)5)22-10-15(4)31-24-22/h7-11,13H,12H2,1-6H3. The second-order valence-corrected chi connectivity index (χ2v) is 7.45. The normalized spacial score (nSPS) is 10.9. The summed E-state index contributed by atoms with van der Waals surface area (Å²) < 4.78 is 23.1. The number of rotatable bonds is 8. The molecule has 0 aliphatic rings. The van der Waals surface area contributed by atoms with E-state index in [0.717, 1.165) is 5.69 Å². The van der Waals surface area contributed by atoms with E-state index in [-0.39, 0.29) is 24.1 Å². The monoisotopic (exact) mass is 426 g/mol. The number of benzene rings is 1. The summed E-state index contributed by atoms with van der Waals surface area (Å²) in [5.41, 5.74) is 2.25. The topological polar surface area (TPSA) is 92.8 Å². The van der Waals surface area contributed by atoms with Crippen LogP contribution >= 0.6 is 0 Å². The summed E-state index contributed by atoms with van der Waals surface area (Å²) in [5, 5.41) is 4.00. The molecule has 0 unspecified atom stereocenters. The van der Waals surface area contributed by atoms with Gasteiger partial charge in [-0.2, -0.15) is 0 Å². The van der Waals surface area contributed by atoms with E-state index in [2.05, 4.69) is 5.16 Å². The fraction of sp³-hybridized carbons (Fsp3) is 0.348. The van der Waals surface area contributed by atoms with E-state index in [1.807, 2.05) is 32.3 Å². The fourth-order valence-electron chi connectivity index (χ4n) is 3.29. The zero-order valence-electron chi connectivity index (χ0n) is 18.5. The molecule has 0 radical (unpaired) electrons. The zero-order valence-corrected chi connectivity index (χ0v) is 18.5. The van der Waals surface area contributed by atoms with Crippen molar-refractivity contribution in [2.75, 3.05) is 13.7 Å². The first-order valence-electron chi connectivity index (χ1n) is 9.89. The van der Waals surface area contributed by atoms with Gasteiger partial charge >= 0.3 is 5.97 Å². The first-order chi connectivity index (χ1) is 14.7. The predicted octanol–water partition coefficient (Wildman–Crippen LogP) is 4.23. The highest BCUT2D eigenvalue weighted by Crippen LogP contribution is 2.29. The van der Waals surface area contributed by atoms with Gasteiger partial charge < -0.3 is 18.7 Å². The molecule has 0 amide bonds. The third kappa shape index (κ3) is 4.79. The minimum atomic E-state index is -0.622. The number of carbonyl (C=O) groups is 2. The fourth-order valence-corrected chi connectivity index (χ4v) is 3.29. The number of hydrogen-bond donors (Lipinski definition) is 0. The molecule has 0 bridgehead atoms. The van der Waals surface area contributed by atoms with Crippen LogP contribution < -0.4 is 9.47 Å². The van der Waals surface area contributed by atoms with Gasteiger partial charge in [-0.1, -0.05) is 5.16 Å². The predicted molar refractivity (Wildman–Crippen MR) is 113 cm³/mol. The van der Waals surface area contributed by atoms with Crippen molar-refractivity contribution in [2.45, 2.75) is 40.7 Å². The maximum absolute atomic E-state index is 12.7. The van der Waals surface area contributed by atoms with Crippen LogP contribution in [0.2, 0.25) is 0 Å². The number of nitrogens with zero attached hydrogens (tertiary/aromatic N) is 2. The lowest BCUT2D eigenvalue weighted by atomic mass is 10.1. The number of methoxy groups -OCH3 is 1. The SMILES string of the molecule is COc1cc(C(=O)OCC(=O)c2cc(C)n(-c3cc(C)on3)c2C)ccc1OC(C)C. The highest BCUT2D eigenvalue weighted by molar-refractivity contribution is 6.00. The van der Waals surface area contributed by atoms with E-state index in [9.17, 15) is 9.59 Å². The van der Waals surface area contributed by atoms with Crippen molar-refractivity contribution in [1.29, 1.82) is 0 Å². The highest BCUT2D eigenvalue weighted by atomic mass is 16.5. The molecule has 3 aromatic rings. The van der Waals surface area contributed by atoms with Crippen LogP contribution in [0, 0.1) is 20.8 Å². The van der Waals surface area contributed by atoms with Gasteiger partial charge in [0.15, 0.2) is 23.9 Å². The molecule has 8 heteroatoms. The van der Waals surface area contributed by atoms with Gasteiger partial charge in [-0.3, -0.25) is 9.36 Å². The lowest BCUT2D eigenvalue weighted by Crippen LogP contribution is -2.15. The molecule has 0 aliphatic heterocycles. The Morgan fingerprint density at radius 2 is 1.84 bits per heavy atom. The molecule has 31 heavy (non-hydrogen) atoms. The second-order valence-electron chi connectivity index (χ2n) is 7.45. The second kappa shape index (κ2) is 9.07.